The molecule has 3 heteroatoms. The molecule has 0 spiro atoms. The molecule has 0 amide bonds. The van der Waals surface area contributed by atoms with E-state index >= 15 is 4.39 Å². The van der Waals surface area contributed by atoms with Gasteiger partial charge in [0.1, 0.15) is 0 Å². The van der Waals surface area contributed by atoms with Gasteiger partial charge in [-0.05, 0) is 67.6 Å². The topological polar surface area (TPSA) is 30.2 Å². The zero-order valence-electron chi connectivity index (χ0n) is 21.1. The minimum Gasteiger partial charge on any atom is -0.419 e. The van der Waals surface area contributed by atoms with Crippen LogP contribution in [-0.2, 0) is 6.42 Å². The molecule has 184 valence electrons. The molecular formula is C31H41FO2. The fourth-order valence-corrected chi connectivity index (χ4v) is 5.82. The van der Waals surface area contributed by atoms with Crippen molar-refractivity contribution in [2.24, 2.45) is 5.92 Å². The molecule has 3 aromatic rings. The summed E-state index contributed by atoms with van der Waals surface area (Å²) in [5, 5.41) is 2.08. The summed E-state index contributed by atoms with van der Waals surface area (Å²) in [7, 11) is 0. The van der Waals surface area contributed by atoms with E-state index in [-0.39, 0.29) is 11.4 Å². The lowest BCUT2D eigenvalue weighted by molar-refractivity contribution is 0.319. The van der Waals surface area contributed by atoms with Crippen LogP contribution in [0.1, 0.15) is 114 Å². The van der Waals surface area contributed by atoms with E-state index in [4.69, 9.17) is 4.42 Å². The van der Waals surface area contributed by atoms with Crippen molar-refractivity contribution in [3.63, 3.8) is 0 Å². The monoisotopic (exact) mass is 464 g/mol. The lowest BCUT2D eigenvalue weighted by Crippen LogP contribution is -2.13. The van der Waals surface area contributed by atoms with E-state index in [0.717, 1.165) is 24.1 Å². The van der Waals surface area contributed by atoms with E-state index in [0.29, 0.717) is 28.7 Å². The van der Waals surface area contributed by atoms with Crippen LogP contribution in [0.25, 0.3) is 21.7 Å². The van der Waals surface area contributed by atoms with Gasteiger partial charge in [0.15, 0.2) is 11.4 Å². The lowest BCUT2D eigenvalue weighted by atomic mass is 9.77. The fourth-order valence-electron chi connectivity index (χ4n) is 5.82. The first kappa shape index (κ1) is 24.9. The molecule has 4 rings (SSSR count). The van der Waals surface area contributed by atoms with Crippen LogP contribution < -0.4 is 5.63 Å². The van der Waals surface area contributed by atoms with Gasteiger partial charge >= 0.3 is 5.63 Å². The van der Waals surface area contributed by atoms with Crippen molar-refractivity contribution in [2.75, 3.05) is 0 Å². The summed E-state index contributed by atoms with van der Waals surface area (Å²) in [6, 6.07) is 9.98. The Labute approximate surface area is 203 Å². The molecule has 0 radical (unpaired) electrons. The fraction of sp³-hybridized carbons (Fsp3) is 0.581. The minimum absolute atomic E-state index is 0.116. The van der Waals surface area contributed by atoms with Gasteiger partial charge in [0.2, 0.25) is 0 Å². The summed E-state index contributed by atoms with van der Waals surface area (Å²) in [4.78, 5) is 12.9. The van der Waals surface area contributed by atoms with Crippen molar-refractivity contribution in [3.05, 3.63) is 57.7 Å². The van der Waals surface area contributed by atoms with Gasteiger partial charge in [-0.25, -0.2) is 9.18 Å². The van der Waals surface area contributed by atoms with Gasteiger partial charge in [0.05, 0.1) is 5.39 Å². The summed E-state index contributed by atoms with van der Waals surface area (Å²) in [5.74, 6) is 0.989. The number of aryl methyl sites for hydroxylation is 1. The Morgan fingerprint density at radius 3 is 2.21 bits per heavy atom. The summed E-state index contributed by atoms with van der Waals surface area (Å²) >= 11 is 0. The summed E-state index contributed by atoms with van der Waals surface area (Å²) in [5.41, 5.74) is 1.58. The molecule has 1 saturated carbocycles. The number of hydrogen-bond donors (Lipinski definition) is 0. The third-order valence-corrected chi connectivity index (χ3v) is 8.12. The van der Waals surface area contributed by atoms with Gasteiger partial charge in [-0.15, -0.1) is 0 Å². The molecule has 1 aromatic heterocycles. The van der Waals surface area contributed by atoms with Crippen molar-refractivity contribution in [2.45, 2.75) is 110 Å². The summed E-state index contributed by atoms with van der Waals surface area (Å²) in [6.45, 7) is 4.51. The Morgan fingerprint density at radius 2 is 1.50 bits per heavy atom. The van der Waals surface area contributed by atoms with Gasteiger partial charge in [-0.1, -0.05) is 89.5 Å². The first-order valence-electron chi connectivity index (χ1n) is 13.8. The van der Waals surface area contributed by atoms with Crippen molar-refractivity contribution >= 4 is 21.7 Å². The van der Waals surface area contributed by atoms with E-state index in [9.17, 15) is 4.79 Å². The molecule has 1 aliphatic carbocycles. The van der Waals surface area contributed by atoms with E-state index in [1.165, 1.54) is 76.2 Å². The molecular weight excluding hydrogens is 423 g/mol. The van der Waals surface area contributed by atoms with E-state index < -0.39 is 5.63 Å². The van der Waals surface area contributed by atoms with Crippen LogP contribution in [0, 0.1) is 11.7 Å². The molecule has 0 unspecified atom stereocenters. The Hall–Kier alpha value is -2.16. The molecule has 1 heterocycles. The van der Waals surface area contributed by atoms with Crippen molar-refractivity contribution in [3.8, 4) is 0 Å². The second kappa shape index (κ2) is 12.0. The van der Waals surface area contributed by atoms with E-state index in [2.05, 4.69) is 19.9 Å². The predicted octanol–water partition coefficient (Wildman–Crippen LogP) is 9.45. The summed E-state index contributed by atoms with van der Waals surface area (Å²) in [6.07, 6.45) is 16.6. The molecule has 0 saturated heterocycles. The predicted molar refractivity (Wildman–Crippen MR) is 141 cm³/mol. The summed E-state index contributed by atoms with van der Waals surface area (Å²) < 4.78 is 20.9. The van der Waals surface area contributed by atoms with E-state index in [1.54, 1.807) is 0 Å². The highest BCUT2D eigenvalue weighted by Crippen LogP contribution is 2.38. The highest BCUT2D eigenvalue weighted by Gasteiger charge is 2.22. The highest BCUT2D eigenvalue weighted by atomic mass is 19.1. The van der Waals surface area contributed by atoms with Gasteiger partial charge in [-0.2, -0.15) is 0 Å². The Morgan fingerprint density at radius 1 is 0.824 bits per heavy atom. The molecule has 1 fully saturated rings. The zero-order valence-corrected chi connectivity index (χ0v) is 21.1. The Balaban J connectivity index is 1.47. The minimum atomic E-state index is -0.422. The number of halogens is 1. The largest absolute Gasteiger partial charge is 0.419 e. The quantitative estimate of drug-likeness (QED) is 0.161. The Kier molecular flexibility index (Phi) is 8.80. The molecule has 2 nitrogen and oxygen atoms in total. The van der Waals surface area contributed by atoms with Gasteiger partial charge in [0.25, 0.3) is 0 Å². The molecule has 1 aliphatic rings. The van der Waals surface area contributed by atoms with E-state index in [1.807, 2.05) is 24.3 Å². The maximum Gasteiger partial charge on any atom is 0.344 e. The van der Waals surface area contributed by atoms with Crippen LogP contribution in [0.15, 0.2) is 39.5 Å². The van der Waals surface area contributed by atoms with Crippen LogP contribution in [0.2, 0.25) is 0 Å². The average molecular weight is 465 g/mol. The lowest BCUT2D eigenvalue weighted by Gasteiger charge is -2.28. The van der Waals surface area contributed by atoms with Crippen molar-refractivity contribution in [1.29, 1.82) is 0 Å². The second-order valence-electron chi connectivity index (χ2n) is 10.5. The SMILES string of the molecule is CCCCCCCCCCc1ccc2c(oc(=O)c3cc(C4CCC(CC)CC4)ccc32)c1F. The molecule has 0 N–H and O–H groups in total. The smallest absolute Gasteiger partial charge is 0.344 e. The number of unbranched alkanes of at least 4 members (excludes halogenated alkanes) is 7. The number of benzene rings is 2. The standard InChI is InChI=1S/C31H41FO2/c1-3-5-6-7-8-9-10-11-12-24-17-20-27-26-19-18-25(23-15-13-22(4-2)14-16-23)21-28(26)31(33)34-30(27)29(24)32/h17-23H,3-16H2,1-2H3. The zero-order chi connectivity index (χ0) is 23.9. The number of hydrogen-bond acceptors (Lipinski definition) is 2. The van der Waals surface area contributed by atoms with Crippen molar-refractivity contribution < 1.29 is 8.81 Å². The normalized spacial score (nSPS) is 18.7. The van der Waals surface area contributed by atoms with Crippen LogP contribution in [-0.4, -0.2) is 0 Å². The first-order chi connectivity index (χ1) is 16.6. The Bertz CT molecular complexity index is 1140. The molecule has 0 atom stereocenters. The maximum absolute atomic E-state index is 15.3. The third kappa shape index (κ3) is 5.73. The van der Waals surface area contributed by atoms with Gasteiger partial charge in [0, 0.05) is 10.8 Å². The number of rotatable bonds is 11. The first-order valence-corrected chi connectivity index (χ1v) is 13.8. The highest BCUT2D eigenvalue weighted by molar-refractivity contribution is 6.04. The average Bonchev–Trinajstić information content (AvgIpc) is 2.87. The maximum atomic E-state index is 15.3. The second-order valence-corrected chi connectivity index (χ2v) is 10.5. The van der Waals surface area contributed by atoms with Crippen LogP contribution in [0.3, 0.4) is 0 Å². The van der Waals surface area contributed by atoms with Crippen LogP contribution in [0.5, 0.6) is 0 Å². The van der Waals surface area contributed by atoms with Crippen LogP contribution >= 0.6 is 0 Å². The molecule has 0 bridgehead atoms. The third-order valence-electron chi connectivity index (χ3n) is 8.12. The van der Waals surface area contributed by atoms with Gasteiger partial charge < -0.3 is 4.42 Å². The van der Waals surface area contributed by atoms with Gasteiger partial charge in [-0.3, -0.25) is 0 Å². The molecule has 34 heavy (non-hydrogen) atoms. The molecule has 0 aliphatic heterocycles. The van der Waals surface area contributed by atoms with Crippen molar-refractivity contribution in [1.82, 2.24) is 0 Å². The number of fused-ring (bicyclic) bond motifs is 3. The molecule has 2 aromatic carbocycles. The van der Waals surface area contributed by atoms with Crippen LogP contribution in [0.4, 0.5) is 4.39 Å².